The molecule has 16 heavy (non-hydrogen) atoms. The predicted octanol–water partition coefficient (Wildman–Crippen LogP) is 3.54. The summed E-state index contributed by atoms with van der Waals surface area (Å²) in [5.74, 6) is 1.43. The SMILES string of the molecule is CCC(C)C1C[C@H](N)c2cc(Cl)ccc2O1. The van der Waals surface area contributed by atoms with Gasteiger partial charge in [-0.2, -0.15) is 0 Å². The van der Waals surface area contributed by atoms with E-state index in [1.807, 2.05) is 18.2 Å². The topological polar surface area (TPSA) is 35.2 Å². The van der Waals surface area contributed by atoms with Crippen molar-refractivity contribution in [3.8, 4) is 5.75 Å². The van der Waals surface area contributed by atoms with Crippen LogP contribution in [0.4, 0.5) is 0 Å². The molecule has 0 amide bonds. The van der Waals surface area contributed by atoms with Gasteiger partial charge in [0.05, 0.1) is 0 Å². The normalized spacial score (nSPS) is 25.8. The number of rotatable bonds is 2. The van der Waals surface area contributed by atoms with Gasteiger partial charge in [-0.1, -0.05) is 31.9 Å². The van der Waals surface area contributed by atoms with Crippen LogP contribution in [0.25, 0.3) is 0 Å². The second-order valence-electron chi connectivity index (χ2n) is 4.57. The number of nitrogens with two attached hydrogens (primary N) is 1. The van der Waals surface area contributed by atoms with E-state index in [9.17, 15) is 0 Å². The zero-order valence-corrected chi connectivity index (χ0v) is 10.5. The summed E-state index contributed by atoms with van der Waals surface area (Å²) in [4.78, 5) is 0. The lowest BCUT2D eigenvalue weighted by Crippen LogP contribution is -2.34. The quantitative estimate of drug-likeness (QED) is 0.857. The summed E-state index contributed by atoms with van der Waals surface area (Å²) in [5.41, 5.74) is 7.19. The molecular weight excluding hydrogens is 222 g/mol. The molecule has 1 aliphatic heterocycles. The van der Waals surface area contributed by atoms with Crippen molar-refractivity contribution in [3.63, 3.8) is 0 Å². The van der Waals surface area contributed by atoms with Crippen LogP contribution in [-0.2, 0) is 0 Å². The standard InChI is InChI=1S/C13H18ClNO/c1-3-8(2)13-7-11(15)10-6-9(14)4-5-12(10)16-13/h4-6,8,11,13H,3,7,15H2,1-2H3/t8?,11-,13?/m0/s1. The Morgan fingerprint density at radius 3 is 3.00 bits per heavy atom. The highest BCUT2D eigenvalue weighted by Gasteiger charge is 2.28. The highest BCUT2D eigenvalue weighted by Crippen LogP contribution is 2.37. The van der Waals surface area contributed by atoms with Crippen molar-refractivity contribution < 1.29 is 4.74 Å². The number of ether oxygens (including phenoxy) is 1. The average molecular weight is 240 g/mol. The number of fused-ring (bicyclic) bond motifs is 1. The van der Waals surface area contributed by atoms with E-state index in [1.54, 1.807) is 0 Å². The molecule has 0 saturated carbocycles. The molecule has 3 atom stereocenters. The fourth-order valence-electron chi connectivity index (χ4n) is 2.12. The van der Waals surface area contributed by atoms with Crippen molar-refractivity contribution in [2.75, 3.05) is 0 Å². The van der Waals surface area contributed by atoms with Crippen LogP contribution in [0, 0.1) is 5.92 Å². The van der Waals surface area contributed by atoms with E-state index in [0.717, 1.165) is 29.2 Å². The maximum Gasteiger partial charge on any atom is 0.124 e. The molecule has 2 unspecified atom stereocenters. The van der Waals surface area contributed by atoms with E-state index in [1.165, 1.54) is 0 Å². The molecule has 0 bridgehead atoms. The first-order chi connectivity index (χ1) is 7.61. The molecule has 0 fully saturated rings. The van der Waals surface area contributed by atoms with Crippen LogP contribution >= 0.6 is 11.6 Å². The van der Waals surface area contributed by atoms with Gasteiger partial charge < -0.3 is 10.5 Å². The molecule has 2 nitrogen and oxygen atoms in total. The van der Waals surface area contributed by atoms with Crippen LogP contribution in [0.5, 0.6) is 5.75 Å². The van der Waals surface area contributed by atoms with Crippen LogP contribution in [0.3, 0.4) is 0 Å². The van der Waals surface area contributed by atoms with Gasteiger partial charge in [0.1, 0.15) is 11.9 Å². The molecule has 0 radical (unpaired) electrons. The Hall–Kier alpha value is -0.730. The molecular formula is C13H18ClNO. The first-order valence-corrected chi connectivity index (χ1v) is 6.21. The van der Waals surface area contributed by atoms with Gasteiger partial charge in [0, 0.05) is 23.0 Å². The van der Waals surface area contributed by atoms with Crippen molar-refractivity contribution in [2.45, 2.75) is 38.8 Å². The van der Waals surface area contributed by atoms with Gasteiger partial charge in [0.25, 0.3) is 0 Å². The number of halogens is 1. The first-order valence-electron chi connectivity index (χ1n) is 5.83. The van der Waals surface area contributed by atoms with Crippen LogP contribution in [-0.4, -0.2) is 6.10 Å². The van der Waals surface area contributed by atoms with Gasteiger partial charge in [-0.3, -0.25) is 0 Å². The van der Waals surface area contributed by atoms with Gasteiger partial charge in [-0.25, -0.2) is 0 Å². The van der Waals surface area contributed by atoms with Gasteiger partial charge in [0.2, 0.25) is 0 Å². The lowest BCUT2D eigenvalue weighted by Gasteiger charge is -2.33. The van der Waals surface area contributed by atoms with Gasteiger partial charge in [-0.15, -0.1) is 0 Å². The molecule has 88 valence electrons. The van der Waals surface area contributed by atoms with E-state index in [0.29, 0.717) is 5.92 Å². The first kappa shape index (κ1) is 11.7. The van der Waals surface area contributed by atoms with E-state index >= 15 is 0 Å². The Morgan fingerprint density at radius 1 is 1.56 bits per heavy atom. The average Bonchev–Trinajstić information content (AvgIpc) is 2.28. The molecule has 1 aliphatic rings. The summed E-state index contributed by atoms with van der Waals surface area (Å²) in [6, 6.07) is 5.73. The minimum Gasteiger partial charge on any atom is -0.490 e. The summed E-state index contributed by atoms with van der Waals surface area (Å²) in [6.07, 6.45) is 2.22. The molecule has 0 saturated heterocycles. The summed E-state index contributed by atoms with van der Waals surface area (Å²) in [7, 11) is 0. The molecule has 3 heteroatoms. The fraction of sp³-hybridized carbons (Fsp3) is 0.538. The monoisotopic (exact) mass is 239 g/mol. The van der Waals surface area contributed by atoms with Crippen LogP contribution in [0.2, 0.25) is 5.02 Å². The van der Waals surface area contributed by atoms with Crippen molar-refractivity contribution in [3.05, 3.63) is 28.8 Å². The van der Waals surface area contributed by atoms with Crippen LogP contribution < -0.4 is 10.5 Å². The Morgan fingerprint density at radius 2 is 2.31 bits per heavy atom. The molecule has 1 aromatic carbocycles. The van der Waals surface area contributed by atoms with Gasteiger partial charge >= 0.3 is 0 Å². The Balaban J connectivity index is 2.26. The van der Waals surface area contributed by atoms with E-state index in [2.05, 4.69) is 13.8 Å². The Labute approximate surface area is 102 Å². The summed E-state index contributed by atoms with van der Waals surface area (Å²) < 4.78 is 5.97. The molecule has 0 aromatic heterocycles. The summed E-state index contributed by atoms with van der Waals surface area (Å²) >= 11 is 5.96. The van der Waals surface area contributed by atoms with E-state index in [4.69, 9.17) is 22.1 Å². The van der Waals surface area contributed by atoms with Crippen molar-refractivity contribution >= 4 is 11.6 Å². The third kappa shape index (κ3) is 2.18. The molecule has 2 N–H and O–H groups in total. The third-order valence-corrected chi connectivity index (χ3v) is 3.65. The number of hydrogen-bond donors (Lipinski definition) is 1. The second-order valence-corrected chi connectivity index (χ2v) is 5.00. The highest BCUT2D eigenvalue weighted by atomic mass is 35.5. The lowest BCUT2D eigenvalue weighted by atomic mass is 9.90. The number of benzene rings is 1. The van der Waals surface area contributed by atoms with Gasteiger partial charge in [0.15, 0.2) is 0 Å². The Bertz CT molecular complexity index is 380. The molecule has 0 spiro atoms. The summed E-state index contributed by atoms with van der Waals surface area (Å²) in [6.45, 7) is 4.38. The predicted molar refractivity (Wildman–Crippen MR) is 66.9 cm³/mol. The zero-order valence-electron chi connectivity index (χ0n) is 9.74. The second kappa shape index (κ2) is 4.64. The molecule has 1 aromatic rings. The molecule has 2 rings (SSSR count). The lowest BCUT2D eigenvalue weighted by molar-refractivity contribution is 0.105. The minimum atomic E-state index is 0.0430. The van der Waals surface area contributed by atoms with Crippen LogP contribution in [0.1, 0.15) is 38.3 Å². The summed E-state index contributed by atoms with van der Waals surface area (Å²) in [5, 5.41) is 0.722. The molecule has 1 heterocycles. The fourth-order valence-corrected chi connectivity index (χ4v) is 2.30. The Kier molecular flexibility index (Phi) is 3.41. The highest BCUT2D eigenvalue weighted by molar-refractivity contribution is 6.30. The van der Waals surface area contributed by atoms with Crippen molar-refractivity contribution in [2.24, 2.45) is 11.7 Å². The largest absolute Gasteiger partial charge is 0.490 e. The smallest absolute Gasteiger partial charge is 0.124 e. The molecule has 0 aliphatic carbocycles. The zero-order chi connectivity index (χ0) is 11.7. The van der Waals surface area contributed by atoms with E-state index in [-0.39, 0.29) is 12.1 Å². The minimum absolute atomic E-state index is 0.0430. The van der Waals surface area contributed by atoms with Crippen molar-refractivity contribution in [1.29, 1.82) is 0 Å². The maximum atomic E-state index is 6.16. The van der Waals surface area contributed by atoms with E-state index < -0.39 is 0 Å². The third-order valence-electron chi connectivity index (χ3n) is 3.41. The van der Waals surface area contributed by atoms with Crippen LogP contribution in [0.15, 0.2) is 18.2 Å². The van der Waals surface area contributed by atoms with Crippen molar-refractivity contribution in [1.82, 2.24) is 0 Å². The van der Waals surface area contributed by atoms with Gasteiger partial charge in [-0.05, 0) is 24.1 Å². The number of hydrogen-bond acceptors (Lipinski definition) is 2. The maximum absolute atomic E-state index is 6.16.